The van der Waals surface area contributed by atoms with Crippen molar-refractivity contribution >= 4 is 0 Å². The Morgan fingerprint density at radius 2 is 2.38 bits per heavy atom. The van der Waals surface area contributed by atoms with Gasteiger partial charge in [0.05, 0.1) is 6.20 Å². The van der Waals surface area contributed by atoms with Crippen LogP contribution in [0.4, 0.5) is 0 Å². The van der Waals surface area contributed by atoms with Crippen LogP contribution in [0.15, 0.2) is 6.20 Å². The number of hydrogen-bond acceptors (Lipinski definition) is 2. The molecule has 0 saturated heterocycles. The molecule has 1 aromatic rings. The average molecular weight is 179 g/mol. The molecule has 0 bridgehead atoms. The summed E-state index contributed by atoms with van der Waals surface area (Å²) < 4.78 is 1.98. The minimum atomic E-state index is 0.237. The molecule has 2 rings (SSSR count). The average Bonchev–Trinajstić information content (AvgIpc) is 2.51. The summed E-state index contributed by atoms with van der Waals surface area (Å²) in [7, 11) is 2.01. The molecule has 13 heavy (non-hydrogen) atoms. The fourth-order valence-corrected chi connectivity index (χ4v) is 2.55. The van der Waals surface area contributed by atoms with Gasteiger partial charge in [0.25, 0.3) is 0 Å². The lowest BCUT2D eigenvalue weighted by Crippen LogP contribution is -2.26. The quantitative estimate of drug-likeness (QED) is 0.700. The fraction of sp³-hybridized carbons (Fsp3) is 0.700. The van der Waals surface area contributed by atoms with Crippen molar-refractivity contribution in [2.24, 2.45) is 18.7 Å². The summed E-state index contributed by atoms with van der Waals surface area (Å²) in [5.41, 5.74) is 8.71. The van der Waals surface area contributed by atoms with E-state index in [2.05, 4.69) is 18.9 Å². The normalized spacial score (nSPS) is 28.9. The zero-order valence-corrected chi connectivity index (χ0v) is 8.49. The van der Waals surface area contributed by atoms with Crippen molar-refractivity contribution in [3.05, 3.63) is 17.5 Å². The summed E-state index contributed by atoms with van der Waals surface area (Å²) in [5, 5.41) is 4.27. The fourth-order valence-electron chi connectivity index (χ4n) is 2.55. The van der Waals surface area contributed by atoms with E-state index in [9.17, 15) is 0 Å². The van der Waals surface area contributed by atoms with E-state index >= 15 is 0 Å². The maximum absolute atomic E-state index is 5.98. The van der Waals surface area contributed by atoms with Crippen LogP contribution < -0.4 is 5.73 Å². The molecule has 3 heteroatoms. The Balaban J connectivity index is 2.41. The molecule has 3 unspecified atom stereocenters. The second kappa shape index (κ2) is 2.84. The molecule has 0 aliphatic heterocycles. The third kappa shape index (κ3) is 1.18. The van der Waals surface area contributed by atoms with Gasteiger partial charge in [0.15, 0.2) is 0 Å². The maximum Gasteiger partial charge on any atom is 0.0528 e. The van der Waals surface area contributed by atoms with E-state index in [0.29, 0.717) is 11.8 Å². The van der Waals surface area contributed by atoms with E-state index in [1.165, 1.54) is 11.3 Å². The first-order chi connectivity index (χ1) is 6.11. The van der Waals surface area contributed by atoms with Crippen LogP contribution in [0.5, 0.6) is 0 Å². The highest BCUT2D eigenvalue weighted by Gasteiger charge is 2.34. The van der Waals surface area contributed by atoms with Gasteiger partial charge >= 0.3 is 0 Å². The van der Waals surface area contributed by atoms with E-state index in [1.54, 1.807) is 0 Å². The lowest BCUT2D eigenvalue weighted by atomic mass is 9.89. The molecule has 3 atom stereocenters. The smallest absolute Gasteiger partial charge is 0.0528 e. The Morgan fingerprint density at radius 3 is 3.00 bits per heavy atom. The van der Waals surface area contributed by atoms with Crippen LogP contribution in [0.25, 0.3) is 0 Å². The Labute approximate surface area is 78.9 Å². The van der Waals surface area contributed by atoms with Crippen molar-refractivity contribution in [2.45, 2.75) is 32.2 Å². The highest BCUT2D eigenvalue weighted by atomic mass is 15.3. The molecule has 0 aromatic carbocycles. The number of nitrogens with zero attached hydrogens (tertiary/aromatic N) is 2. The van der Waals surface area contributed by atoms with Gasteiger partial charge in [0.1, 0.15) is 0 Å². The number of hydrogen-bond donors (Lipinski definition) is 1. The van der Waals surface area contributed by atoms with Gasteiger partial charge in [-0.25, -0.2) is 0 Å². The first kappa shape index (κ1) is 8.75. The van der Waals surface area contributed by atoms with E-state index in [4.69, 9.17) is 5.73 Å². The predicted molar refractivity (Wildman–Crippen MR) is 52.5 cm³/mol. The first-order valence-electron chi connectivity index (χ1n) is 4.87. The van der Waals surface area contributed by atoms with Gasteiger partial charge in [-0.15, -0.1) is 0 Å². The van der Waals surface area contributed by atoms with Gasteiger partial charge in [-0.05, 0) is 24.8 Å². The molecule has 1 aliphatic rings. The molecule has 0 radical (unpaired) electrons. The van der Waals surface area contributed by atoms with Crippen molar-refractivity contribution in [1.29, 1.82) is 0 Å². The number of fused-ring (bicyclic) bond motifs is 1. The predicted octanol–water partition coefficient (Wildman–Crippen LogP) is 1.04. The SMILES string of the molecule is CC(N)C1c2cnn(C)c2CC1C. The third-order valence-electron chi connectivity index (χ3n) is 3.15. The largest absolute Gasteiger partial charge is 0.327 e. The van der Waals surface area contributed by atoms with Crippen LogP contribution in [0, 0.1) is 5.92 Å². The maximum atomic E-state index is 5.98. The van der Waals surface area contributed by atoms with Gasteiger partial charge in [0.2, 0.25) is 0 Å². The highest BCUT2D eigenvalue weighted by Crippen LogP contribution is 2.38. The Kier molecular flexibility index (Phi) is 1.91. The van der Waals surface area contributed by atoms with E-state index < -0.39 is 0 Å². The molecule has 1 aliphatic carbocycles. The molecule has 1 aromatic heterocycles. The van der Waals surface area contributed by atoms with Crippen LogP contribution in [0.3, 0.4) is 0 Å². The molecular formula is C10H17N3. The molecule has 2 N–H and O–H groups in total. The van der Waals surface area contributed by atoms with E-state index in [-0.39, 0.29) is 6.04 Å². The van der Waals surface area contributed by atoms with Crippen molar-refractivity contribution in [3.8, 4) is 0 Å². The van der Waals surface area contributed by atoms with Crippen molar-refractivity contribution < 1.29 is 0 Å². The van der Waals surface area contributed by atoms with E-state index in [1.807, 2.05) is 17.9 Å². The molecule has 0 amide bonds. The Bertz CT molecular complexity index is 314. The van der Waals surface area contributed by atoms with Crippen LogP contribution in [-0.4, -0.2) is 15.8 Å². The van der Waals surface area contributed by atoms with Crippen molar-refractivity contribution in [2.75, 3.05) is 0 Å². The zero-order chi connectivity index (χ0) is 9.59. The molecule has 0 saturated carbocycles. The minimum absolute atomic E-state index is 0.237. The molecule has 72 valence electrons. The molecule has 1 heterocycles. The molecule has 0 fully saturated rings. The van der Waals surface area contributed by atoms with Crippen LogP contribution in [-0.2, 0) is 13.5 Å². The molecular weight excluding hydrogens is 162 g/mol. The minimum Gasteiger partial charge on any atom is -0.327 e. The summed E-state index contributed by atoms with van der Waals surface area (Å²) in [4.78, 5) is 0. The zero-order valence-electron chi connectivity index (χ0n) is 8.49. The summed E-state index contributed by atoms with van der Waals surface area (Å²) in [6, 6.07) is 0.237. The van der Waals surface area contributed by atoms with Crippen molar-refractivity contribution in [3.63, 3.8) is 0 Å². The Morgan fingerprint density at radius 1 is 1.69 bits per heavy atom. The van der Waals surface area contributed by atoms with Gasteiger partial charge in [0, 0.05) is 24.7 Å². The lowest BCUT2D eigenvalue weighted by molar-refractivity contribution is 0.433. The summed E-state index contributed by atoms with van der Waals surface area (Å²) in [5.74, 6) is 1.17. The monoisotopic (exact) mass is 179 g/mol. The number of rotatable bonds is 1. The molecule has 3 nitrogen and oxygen atoms in total. The number of aryl methyl sites for hydroxylation is 1. The summed E-state index contributed by atoms with van der Waals surface area (Å²) >= 11 is 0. The van der Waals surface area contributed by atoms with Crippen LogP contribution in [0.1, 0.15) is 31.0 Å². The van der Waals surface area contributed by atoms with Crippen molar-refractivity contribution in [1.82, 2.24) is 9.78 Å². The van der Waals surface area contributed by atoms with E-state index in [0.717, 1.165) is 6.42 Å². The number of nitrogens with two attached hydrogens (primary N) is 1. The highest BCUT2D eigenvalue weighted by molar-refractivity contribution is 5.30. The molecule has 0 spiro atoms. The van der Waals surface area contributed by atoms with Gasteiger partial charge < -0.3 is 5.73 Å². The first-order valence-corrected chi connectivity index (χ1v) is 4.87. The topological polar surface area (TPSA) is 43.8 Å². The van der Waals surface area contributed by atoms with Gasteiger partial charge in [-0.2, -0.15) is 5.10 Å². The van der Waals surface area contributed by atoms with Gasteiger partial charge in [-0.1, -0.05) is 6.92 Å². The Hall–Kier alpha value is -0.830. The van der Waals surface area contributed by atoms with Gasteiger partial charge in [-0.3, -0.25) is 4.68 Å². The second-order valence-corrected chi connectivity index (χ2v) is 4.24. The summed E-state index contributed by atoms with van der Waals surface area (Å²) in [6.07, 6.45) is 3.10. The third-order valence-corrected chi connectivity index (χ3v) is 3.15. The second-order valence-electron chi connectivity index (χ2n) is 4.24. The van der Waals surface area contributed by atoms with Crippen LogP contribution in [0.2, 0.25) is 0 Å². The standard InChI is InChI=1S/C10H17N3/c1-6-4-9-8(5-12-13(9)3)10(6)7(2)11/h5-7,10H,4,11H2,1-3H3. The lowest BCUT2D eigenvalue weighted by Gasteiger charge is -2.19. The summed E-state index contributed by atoms with van der Waals surface area (Å²) in [6.45, 7) is 4.36. The number of aromatic nitrogens is 2. The van der Waals surface area contributed by atoms with Crippen LogP contribution >= 0.6 is 0 Å².